The van der Waals surface area contributed by atoms with E-state index in [9.17, 15) is 9.59 Å². The van der Waals surface area contributed by atoms with Gasteiger partial charge in [-0.1, -0.05) is 24.3 Å². The Bertz CT molecular complexity index is 759. The molecule has 0 bridgehead atoms. The van der Waals surface area contributed by atoms with Crippen LogP contribution in [0.4, 0.5) is 5.69 Å². The summed E-state index contributed by atoms with van der Waals surface area (Å²) in [7, 11) is 0. The number of anilines is 1. The highest BCUT2D eigenvalue weighted by Gasteiger charge is 2.15. The SMILES string of the molecule is CC(=O)N(CCNC(=O)c1ccccc1Br)c1cc(C)ccc1C. The molecule has 0 saturated carbocycles. The third-order valence-corrected chi connectivity index (χ3v) is 4.47. The summed E-state index contributed by atoms with van der Waals surface area (Å²) >= 11 is 3.37. The second-order valence-electron chi connectivity index (χ2n) is 5.70. The lowest BCUT2D eigenvalue weighted by molar-refractivity contribution is -0.116. The van der Waals surface area contributed by atoms with Crippen molar-refractivity contribution in [2.75, 3.05) is 18.0 Å². The lowest BCUT2D eigenvalue weighted by Crippen LogP contribution is -2.38. The van der Waals surface area contributed by atoms with Crippen molar-refractivity contribution in [1.29, 1.82) is 0 Å². The number of halogens is 1. The van der Waals surface area contributed by atoms with Gasteiger partial charge in [0, 0.05) is 30.2 Å². The number of nitrogens with one attached hydrogen (secondary N) is 1. The van der Waals surface area contributed by atoms with E-state index < -0.39 is 0 Å². The quantitative estimate of drug-likeness (QED) is 0.845. The van der Waals surface area contributed by atoms with Crippen molar-refractivity contribution in [3.8, 4) is 0 Å². The summed E-state index contributed by atoms with van der Waals surface area (Å²) in [5, 5.41) is 2.87. The molecule has 0 radical (unpaired) electrons. The number of amides is 2. The Labute approximate surface area is 151 Å². The van der Waals surface area contributed by atoms with Gasteiger partial charge in [-0.3, -0.25) is 9.59 Å². The van der Waals surface area contributed by atoms with Gasteiger partial charge in [-0.15, -0.1) is 0 Å². The first kappa shape index (κ1) is 18.2. The molecule has 2 aromatic rings. The molecule has 126 valence electrons. The Hall–Kier alpha value is -2.14. The van der Waals surface area contributed by atoms with Gasteiger partial charge < -0.3 is 10.2 Å². The van der Waals surface area contributed by atoms with Gasteiger partial charge in [0.15, 0.2) is 0 Å². The zero-order valence-electron chi connectivity index (χ0n) is 14.1. The summed E-state index contributed by atoms with van der Waals surface area (Å²) in [6, 6.07) is 13.3. The molecule has 0 aliphatic rings. The van der Waals surface area contributed by atoms with Gasteiger partial charge >= 0.3 is 0 Å². The molecular weight excluding hydrogens is 368 g/mol. The number of nitrogens with zero attached hydrogens (tertiary/aromatic N) is 1. The molecule has 0 heterocycles. The van der Waals surface area contributed by atoms with Crippen LogP contribution in [-0.2, 0) is 4.79 Å². The van der Waals surface area contributed by atoms with E-state index >= 15 is 0 Å². The van der Waals surface area contributed by atoms with E-state index in [1.807, 2.05) is 50.2 Å². The summed E-state index contributed by atoms with van der Waals surface area (Å²) in [6.07, 6.45) is 0. The Morgan fingerprint density at radius 2 is 1.83 bits per heavy atom. The van der Waals surface area contributed by atoms with Gasteiger partial charge in [-0.25, -0.2) is 0 Å². The Morgan fingerprint density at radius 3 is 2.50 bits per heavy atom. The first-order chi connectivity index (χ1) is 11.4. The molecule has 0 aromatic heterocycles. The molecule has 0 saturated heterocycles. The van der Waals surface area contributed by atoms with Crippen LogP contribution in [0.3, 0.4) is 0 Å². The van der Waals surface area contributed by atoms with Crippen molar-refractivity contribution in [3.05, 3.63) is 63.6 Å². The normalized spacial score (nSPS) is 10.3. The van der Waals surface area contributed by atoms with Gasteiger partial charge in [-0.05, 0) is 59.1 Å². The number of hydrogen-bond donors (Lipinski definition) is 1. The van der Waals surface area contributed by atoms with Gasteiger partial charge in [-0.2, -0.15) is 0 Å². The third kappa shape index (κ3) is 4.45. The Kier molecular flexibility index (Phi) is 6.15. The monoisotopic (exact) mass is 388 g/mol. The largest absolute Gasteiger partial charge is 0.350 e. The minimum Gasteiger partial charge on any atom is -0.350 e. The highest BCUT2D eigenvalue weighted by atomic mass is 79.9. The van der Waals surface area contributed by atoms with Crippen LogP contribution >= 0.6 is 15.9 Å². The predicted molar refractivity (Wildman–Crippen MR) is 100 cm³/mol. The smallest absolute Gasteiger partial charge is 0.252 e. The van der Waals surface area contributed by atoms with Gasteiger partial charge in [0.1, 0.15) is 0 Å². The Balaban J connectivity index is 2.05. The van der Waals surface area contributed by atoms with E-state index in [-0.39, 0.29) is 11.8 Å². The van der Waals surface area contributed by atoms with Crippen LogP contribution in [0.5, 0.6) is 0 Å². The molecule has 2 rings (SSSR count). The predicted octanol–water partition coefficient (Wildman–Crippen LogP) is 3.85. The Morgan fingerprint density at radius 1 is 1.12 bits per heavy atom. The first-order valence-electron chi connectivity index (χ1n) is 7.78. The lowest BCUT2D eigenvalue weighted by Gasteiger charge is -2.24. The van der Waals surface area contributed by atoms with Gasteiger partial charge in [0.25, 0.3) is 5.91 Å². The van der Waals surface area contributed by atoms with E-state index in [2.05, 4.69) is 21.2 Å². The fourth-order valence-corrected chi connectivity index (χ4v) is 2.94. The van der Waals surface area contributed by atoms with E-state index in [1.54, 1.807) is 11.0 Å². The highest BCUT2D eigenvalue weighted by molar-refractivity contribution is 9.10. The molecule has 0 atom stereocenters. The molecule has 0 aliphatic carbocycles. The van der Waals surface area contributed by atoms with E-state index in [4.69, 9.17) is 0 Å². The minimum atomic E-state index is -0.160. The van der Waals surface area contributed by atoms with Crippen LogP contribution in [0.1, 0.15) is 28.4 Å². The molecule has 2 aromatic carbocycles. The minimum absolute atomic E-state index is 0.0427. The molecule has 24 heavy (non-hydrogen) atoms. The molecule has 5 heteroatoms. The van der Waals surface area contributed by atoms with E-state index in [0.29, 0.717) is 18.7 Å². The molecule has 4 nitrogen and oxygen atoms in total. The van der Waals surface area contributed by atoms with Crippen molar-refractivity contribution in [2.45, 2.75) is 20.8 Å². The van der Waals surface area contributed by atoms with Crippen LogP contribution in [-0.4, -0.2) is 24.9 Å². The van der Waals surface area contributed by atoms with Crippen LogP contribution in [0, 0.1) is 13.8 Å². The van der Waals surface area contributed by atoms with Crippen LogP contribution in [0.15, 0.2) is 46.9 Å². The number of carbonyl (C=O) groups excluding carboxylic acids is 2. The topological polar surface area (TPSA) is 49.4 Å². The first-order valence-corrected chi connectivity index (χ1v) is 8.57. The average Bonchev–Trinajstić information content (AvgIpc) is 2.54. The zero-order valence-corrected chi connectivity index (χ0v) is 15.7. The second kappa shape index (κ2) is 8.11. The molecule has 0 fully saturated rings. The molecule has 2 amide bonds. The van der Waals surface area contributed by atoms with Crippen LogP contribution in [0.2, 0.25) is 0 Å². The molecule has 0 spiro atoms. The third-order valence-electron chi connectivity index (χ3n) is 3.77. The molecule has 0 unspecified atom stereocenters. The second-order valence-corrected chi connectivity index (χ2v) is 6.55. The van der Waals surface area contributed by atoms with Crippen molar-refractivity contribution in [1.82, 2.24) is 5.32 Å². The molecule has 1 N–H and O–H groups in total. The van der Waals surface area contributed by atoms with Crippen molar-refractivity contribution < 1.29 is 9.59 Å². The maximum absolute atomic E-state index is 12.2. The number of benzene rings is 2. The average molecular weight is 389 g/mol. The summed E-state index contributed by atoms with van der Waals surface area (Å²) in [5.41, 5.74) is 3.60. The van der Waals surface area contributed by atoms with E-state index in [0.717, 1.165) is 21.3 Å². The maximum atomic E-state index is 12.2. The number of hydrogen-bond acceptors (Lipinski definition) is 2. The maximum Gasteiger partial charge on any atom is 0.252 e. The fraction of sp³-hybridized carbons (Fsp3) is 0.263. The highest BCUT2D eigenvalue weighted by Crippen LogP contribution is 2.21. The van der Waals surface area contributed by atoms with Gasteiger partial charge in [0.05, 0.1) is 5.56 Å². The number of aryl methyl sites for hydroxylation is 2. The van der Waals surface area contributed by atoms with Crippen molar-refractivity contribution in [3.63, 3.8) is 0 Å². The number of carbonyl (C=O) groups is 2. The number of rotatable bonds is 5. The standard InChI is InChI=1S/C19H21BrN2O2/c1-13-8-9-14(2)18(12-13)22(15(3)23)11-10-21-19(24)16-6-4-5-7-17(16)20/h4-9,12H,10-11H2,1-3H3,(H,21,24). The van der Waals surface area contributed by atoms with Crippen LogP contribution in [0.25, 0.3) is 0 Å². The summed E-state index contributed by atoms with van der Waals surface area (Å²) in [6.45, 7) is 6.32. The van der Waals surface area contributed by atoms with Gasteiger partial charge in [0.2, 0.25) is 5.91 Å². The zero-order chi connectivity index (χ0) is 17.7. The lowest BCUT2D eigenvalue weighted by atomic mass is 10.1. The molecular formula is C19H21BrN2O2. The fourth-order valence-electron chi connectivity index (χ4n) is 2.48. The molecule has 0 aliphatic heterocycles. The van der Waals surface area contributed by atoms with Crippen molar-refractivity contribution in [2.24, 2.45) is 0 Å². The summed E-state index contributed by atoms with van der Waals surface area (Å²) in [4.78, 5) is 25.9. The summed E-state index contributed by atoms with van der Waals surface area (Å²) in [5.74, 6) is -0.203. The van der Waals surface area contributed by atoms with Crippen LogP contribution < -0.4 is 10.2 Å². The van der Waals surface area contributed by atoms with Crippen molar-refractivity contribution >= 4 is 33.4 Å². The summed E-state index contributed by atoms with van der Waals surface area (Å²) < 4.78 is 0.750. The van der Waals surface area contributed by atoms with E-state index in [1.165, 1.54) is 6.92 Å².